The van der Waals surface area contributed by atoms with Gasteiger partial charge in [-0.2, -0.15) is 0 Å². The maximum Gasteiger partial charge on any atom is 0.0438 e. The Balaban J connectivity index is 1.10. The SMILES string of the molecule is Cc1ccc(-c2ccc(-c3ccc([C@H](C)[C@H](C)c4ccc(-c5ccc(-c6ccc(C(C)C)nc6)cc5)cn4)cc3)cc2)cc1. The molecule has 6 aromatic rings. The monoisotopic (exact) mass is 572 g/mol. The Morgan fingerprint density at radius 3 is 1.09 bits per heavy atom. The van der Waals surface area contributed by atoms with Crippen LogP contribution in [0.1, 0.15) is 68.0 Å². The molecule has 6 rings (SSSR count). The van der Waals surface area contributed by atoms with E-state index in [2.05, 4.69) is 161 Å². The molecule has 0 aliphatic rings. The summed E-state index contributed by atoms with van der Waals surface area (Å²) >= 11 is 0. The molecule has 0 fully saturated rings. The Hall–Kier alpha value is -4.82. The summed E-state index contributed by atoms with van der Waals surface area (Å²) in [6.45, 7) is 11.0. The molecule has 0 bridgehead atoms. The van der Waals surface area contributed by atoms with Crippen molar-refractivity contribution in [1.29, 1.82) is 0 Å². The quantitative estimate of drug-likeness (QED) is 0.181. The van der Waals surface area contributed by atoms with E-state index in [0.29, 0.717) is 17.8 Å². The second kappa shape index (κ2) is 12.8. The Morgan fingerprint density at radius 1 is 0.364 bits per heavy atom. The van der Waals surface area contributed by atoms with Gasteiger partial charge < -0.3 is 0 Å². The van der Waals surface area contributed by atoms with Crippen LogP contribution in [-0.4, -0.2) is 9.97 Å². The van der Waals surface area contributed by atoms with E-state index in [1.807, 2.05) is 12.4 Å². The molecule has 2 aromatic heterocycles. The molecule has 0 spiro atoms. The molecule has 2 atom stereocenters. The first kappa shape index (κ1) is 29.3. The molecule has 4 aromatic carbocycles. The zero-order valence-electron chi connectivity index (χ0n) is 26.3. The molecule has 2 heterocycles. The van der Waals surface area contributed by atoms with E-state index in [4.69, 9.17) is 4.98 Å². The third kappa shape index (κ3) is 6.40. The van der Waals surface area contributed by atoms with Crippen molar-refractivity contribution < 1.29 is 0 Å². The average Bonchev–Trinajstić information content (AvgIpc) is 3.08. The van der Waals surface area contributed by atoms with Crippen LogP contribution in [0, 0.1) is 6.92 Å². The molecule has 0 unspecified atom stereocenters. The van der Waals surface area contributed by atoms with E-state index in [1.165, 1.54) is 44.5 Å². The van der Waals surface area contributed by atoms with Crippen molar-refractivity contribution in [2.24, 2.45) is 0 Å². The van der Waals surface area contributed by atoms with Gasteiger partial charge in [0.1, 0.15) is 0 Å². The highest BCUT2D eigenvalue weighted by Crippen LogP contribution is 2.34. The highest BCUT2D eigenvalue weighted by molar-refractivity contribution is 5.71. The highest BCUT2D eigenvalue weighted by atomic mass is 14.7. The summed E-state index contributed by atoms with van der Waals surface area (Å²) in [5.74, 6) is 1.08. The predicted octanol–water partition coefficient (Wildman–Crippen LogP) is 11.5. The van der Waals surface area contributed by atoms with E-state index < -0.39 is 0 Å². The molecule has 0 radical (unpaired) electrons. The lowest BCUT2D eigenvalue weighted by atomic mass is 9.85. The van der Waals surface area contributed by atoms with Crippen LogP contribution >= 0.6 is 0 Å². The topological polar surface area (TPSA) is 25.8 Å². The Bertz CT molecular complexity index is 1800. The molecular formula is C42H40N2. The van der Waals surface area contributed by atoms with Crippen molar-refractivity contribution >= 4 is 0 Å². The standard InChI is InChI=1S/C42H40N2/c1-28(2)41-24-22-39(26-43-41)37-18-20-38(21-19-37)40-23-25-42(44-27-40)31(5)30(4)32-10-12-34(13-11-32)36-16-14-35(15-17-36)33-8-6-29(3)7-9-33/h6-28,30-31H,1-5H3/t30-,31+/m1/s1. The second-order valence-corrected chi connectivity index (χ2v) is 12.3. The van der Waals surface area contributed by atoms with Gasteiger partial charge in [-0.1, -0.05) is 142 Å². The smallest absolute Gasteiger partial charge is 0.0438 e. The zero-order chi connectivity index (χ0) is 30.6. The number of nitrogens with zero attached hydrogens (tertiary/aromatic N) is 2. The van der Waals surface area contributed by atoms with Gasteiger partial charge in [0.15, 0.2) is 0 Å². The van der Waals surface area contributed by atoms with Crippen LogP contribution in [0.25, 0.3) is 44.5 Å². The van der Waals surface area contributed by atoms with Crippen LogP contribution in [-0.2, 0) is 0 Å². The Morgan fingerprint density at radius 2 is 0.705 bits per heavy atom. The summed E-state index contributed by atoms with van der Waals surface area (Å²) < 4.78 is 0. The van der Waals surface area contributed by atoms with Crippen LogP contribution in [0.3, 0.4) is 0 Å². The summed E-state index contributed by atoms with van der Waals surface area (Å²) in [6.07, 6.45) is 3.98. The number of hydrogen-bond donors (Lipinski definition) is 0. The largest absolute Gasteiger partial charge is 0.260 e. The molecule has 0 saturated heterocycles. The van der Waals surface area contributed by atoms with Gasteiger partial charge in [0, 0.05) is 40.8 Å². The summed E-state index contributed by atoms with van der Waals surface area (Å²) in [7, 11) is 0. The van der Waals surface area contributed by atoms with Crippen molar-refractivity contribution in [3.8, 4) is 44.5 Å². The molecule has 0 aliphatic heterocycles. The maximum atomic E-state index is 4.90. The molecule has 0 amide bonds. The minimum atomic E-state index is 0.298. The second-order valence-electron chi connectivity index (χ2n) is 12.3. The van der Waals surface area contributed by atoms with Gasteiger partial charge in [0.25, 0.3) is 0 Å². The van der Waals surface area contributed by atoms with E-state index in [-0.39, 0.29) is 0 Å². The van der Waals surface area contributed by atoms with Gasteiger partial charge in [-0.3, -0.25) is 9.97 Å². The van der Waals surface area contributed by atoms with Crippen LogP contribution in [0.2, 0.25) is 0 Å². The van der Waals surface area contributed by atoms with Crippen LogP contribution in [0.5, 0.6) is 0 Å². The molecule has 0 saturated carbocycles. The third-order valence-electron chi connectivity index (χ3n) is 8.97. The number of rotatable bonds is 8. The number of hydrogen-bond acceptors (Lipinski definition) is 2. The first-order valence-electron chi connectivity index (χ1n) is 15.7. The van der Waals surface area contributed by atoms with E-state index in [9.17, 15) is 0 Å². The van der Waals surface area contributed by atoms with Gasteiger partial charge in [-0.05, 0) is 69.8 Å². The van der Waals surface area contributed by atoms with Gasteiger partial charge in [0.2, 0.25) is 0 Å². The number of aromatic nitrogens is 2. The fraction of sp³-hybridized carbons (Fsp3) is 0.190. The van der Waals surface area contributed by atoms with Gasteiger partial charge >= 0.3 is 0 Å². The van der Waals surface area contributed by atoms with Crippen LogP contribution in [0.4, 0.5) is 0 Å². The number of benzene rings is 4. The van der Waals surface area contributed by atoms with E-state index in [1.54, 1.807) is 0 Å². The van der Waals surface area contributed by atoms with Crippen molar-refractivity contribution in [3.05, 3.63) is 156 Å². The Labute approximate surface area is 262 Å². The summed E-state index contributed by atoms with van der Waals surface area (Å²) in [5.41, 5.74) is 14.4. The third-order valence-corrected chi connectivity index (χ3v) is 8.97. The fourth-order valence-electron chi connectivity index (χ4n) is 5.74. The zero-order valence-corrected chi connectivity index (χ0v) is 26.3. The number of pyridine rings is 2. The van der Waals surface area contributed by atoms with Crippen molar-refractivity contribution in [1.82, 2.24) is 9.97 Å². The lowest BCUT2D eigenvalue weighted by Gasteiger charge is -2.20. The highest BCUT2D eigenvalue weighted by Gasteiger charge is 2.18. The molecular weight excluding hydrogens is 532 g/mol. The van der Waals surface area contributed by atoms with Gasteiger partial charge in [-0.25, -0.2) is 0 Å². The molecule has 218 valence electrons. The minimum Gasteiger partial charge on any atom is -0.260 e. The van der Waals surface area contributed by atoms with Gasteiger partial charge in [0.05, 0.1) is 0 Å². The molecule has 2 heteroatoms. The van der Waals surface area contributed by atoms with Crippen LogP contribution < -0.4 is 0 Å². The fourth-order valence-corrected chi connectivity index (χ4v) is 5.74. The molecule has 0 N–H and O–H groups in total. The van der Waals surface area contributed by atoms with E-state index >= 15 is 0 Å². The summed E-state index contributed by atoms with van der Waals surface area (Å²) in [5, 5.41) is 0. The molecule has 0 aliphatic carbocycles. The Kier molecular flexibility index (Phi) is 8.52. The minimum absolute atomic E-state index is 0.298. The summed E-state index contributed by atoms with van der Waals surface area (Å²) in [4.78, 5) is 9.52. The lowest BCUT2D eigenvalue weighted by molar-refractivity contribution is 0.608. The van der Waals surface area contributed by atoms with Crippen molar-refractivity contribution in [3.63, 3.8) is 0 Å². The summed E-state index contributed by atoms with van der Waals surface area (Å²) in [6, 6.07) is 43.9. The van der Waals surface area contributed by atoms with Gasteiger partial charge in [-0.15, -0.1) is 0 Å². The van der Waals surface area contributed by atoms with E-state index in [0.717, 1.165) is 22.5 Å². The maximum absolute atomic E-state index is 4.90. The predicted molar refractivity (Wildman–Crippen MR) is 186 cm³/mol. The molecule has 2 nitrogen and oxygen atoms in total. The first-order valence-corrected chi connectivity index (χ1v) is 15.7. The first-order chi connectivity index (χ1) is 21.4. The normalized spacial score (nSPS) is 12.7. The van der Waals surface area contributed by atoms with Crippen molar-refractivity contribution in [2.45, 2.75) is 52.4 Å². The van der Waals surface area contributed by atoms with Crippen molar-refractivity contribution in [2.75, 3.05) is 0 Å². The lowest BCUT2D eigenvalue weighted by Crippen LogP contribution is -2.06. The van der Waals surface area contributed by atoms with Crippen LogP contribution in [0.15, 0.2) is 134 Å². The molecule has 44 heavy (non-hydrogen) atoms. The average molecular weight is 573 g/mol. The number of aryl methyl sites for hydroxylation is 1.